The maximum absolute atomic E-state index is 9.68. The summed E-state index contributed by atoms with van der Waals surface area (Å²) in [5, 5.41) is 9.68. The van der Waals surface area contributed by atoms with Gasteiger partial charge >= 0.3 is 0 Å². The summed E-state index contributed by atoms with van der Waals surface area (Å²) in [6, 6.07) is 0. The van der Waals surface area contributed by atoms with Crippen LogP contribution in [0.3, 0.4) is 0 Å². The zero-order chi connectivity index (χ0) is 17.5. The van der Waals surface area contributed by atoms with Crippen LogP contribution in [0.2, 0.25) is 0 Å². The highest BCUT2D eigenvalue weighted by Gasteiger charge is 2.19. The van der Waals surface area contributed by atoms with Crippen molar-refractivity contribution in [2.45, 2.75) is 103 Å². The molecule has 1 unspecified atom stereocenters. The van der Waals surface area contributed by atoms with Crippen molar-refractivity contribution >= 4 is 5.84 Å². The predicted molar refractivity (Wildman–Crippen MR) is 106 cm³/mol. The third-order valence-corrected chi connectivity index (χ3v) is 4.98. The van der Waals surface area contributed by atoms with E-state index in [1.165, 1.54) is 83.5 Å². The van der Waals surface area contributed by atoms with Crippen molar-refractivity contribution in [3.8, 4) is 0 Å². The highest BCUT2D eigenvalue weighted by Crippen LogP contribution is 2.15. The first kappa shape index (κ1) is 21.2. The van der Waals surface area contributed by atoms with Gasteiger partial charge in [0.25, 0.3) is 0 Å². The van der Waals surface area contributed by atoms with E-state index in [-0.39, 0.29) is 6.23 Å². The monoisotopic (exact) mass is 336 g/mol. The van der Waals surface area contributed by atoms with Crippen molar-refractivity contribution in [3.05, 3.63) is 12.7 Å². The van der Waals surface area contributed by atoms with Crippen LogP contribution in [0.15, 0.2) is 17.6 Å². The zero-order valence-corrected chi connectivity index (χ0v) is 16.0. The Morgan fingerprint density at radius 1 is 0.958 bits per heavy atom. The smallest absolute Gasteiger partial charge is 0.125 e. The average molecular weight is 337 g/mol. The fourth-order valence-corrected chi connectivity index (χ4v) is 3.47. The third-order valence-electron chi connectivity index (χ3n) is 4.98. The van der Waals surface area contributed by atoms with Crippen LogP contribution in [0.4, 0.5) is 0 Å². The van der Waals surface area contributed by atoms with Crippen LogP contribution in [0.5, 0.6) is 0 Å². The van der Waals surface area contributed by atoms with Crippen LogP contribution in [0, 0.1) is 0 Å². The molecule has 0 saturated carbocycles. The van der Waals surface area contributed by atoms with Gasteiger partial charge in [-0.15, -0.1) is 6.58 Å². The van der Waals surface area contributed by atoms with Crippen LogP contribution in [0.25, 0.3) is 0 Å². The number of aliphatic hydroxyl groups is 1. The average Bonchev–Trinajstić information content (AvgIpc) is 3.04. The number of unbranched alkanes of at least 4 members (excludes halogenated alkanes) is 12. The summed E-state index contributed by atoms with van der Waals surface area (Å²) in [5.74, 6) is 1.12. The van der Waals surface area contributed by atoms with Gasteiger partial charge < -0.3 is 10.0 Å². The molecule has 0 amide bonds. The number of hydrogen-bond donors (Lipinski definition) is 1. The third kappa shape index (κ3) is 10.1. The summed E-state index contributed by atoms with van der Waals surface area (Å²) in [6.45, 7) is 7.35. The lowest BCUT2D eigenvalue weighted by atomic mass is 10.0. The molecule has 1 atom stereocenters. The number of rotatable bonds is 16. The van der Waals surface area contributed by atoms with Gasteiger partial charge in [0.1, 0.15) is 12.1 Å². The molecule has 1 rings (SSSR count). The van der Waals surface area contributed by atoms with Gasteiger partial charge in [-0.25, -0.2) is 0 Å². The number of aliphatic imine (C=N–C) groups is 1. The van der Waals surface area contributed by atoms with E-state index in [4.69, 9.17) is 0 Å². The molecule has 0 saturated heterocycles. The van der Waals surface area contributed by atoms with E-state index in [2.05, 4.69) is 11.6 Å². The van der Waals surface area contributed by atoms with Crippen molar-refractivity contribution < 1.29 is 5.11 Å². The van der Waals surface area contributed by atoms with Crippen LogP contribution < -0.4 is 0 Å². The summed E-state index contributed by atoms with van der Waals surface area (Å²) in [6.07, 6.45) is 20.3. The van der Waals surface area contributed by atoms with E-state index in [0.717, 1.165) is 25.3 Å². The van der Waals surface area contributed by atoms with Crippen molar-refractivity contribution in [1.29, 1.82) is 0 Å². The van der Waals surface area contributed by atoms with Gasteiger partial charge in [0.2, 0.25) is 0 Å². The Balaban J connectivity index is 1.80. The molecule has 0 aromatic heterocycles. The second-order valence-electron chi connectivity index (χ2n) is 7.19. The molecule has 1 aliphatic heterocycles. The van der Waals surface area contributed by atoms with Crippen LogP contribution in [-0.2, 0) is 0 Å². The van der Waals surface area contributed by atoms with Gasteiger partial charge in [-0.1, -0.05) is 70.3 Å². The molecule has 0 fully saturated rings. The van der Waals surface area contributed by atoms with E-state index < -0.39 is 0 Å². The largest absolute Gasteiger partial charge is 0.374 e. The Labute approximate surface area is 150 Å². The summed E-state index contributed by atoms with van der Waals surface area (Å²) in [4.78, 5) is 6.55. The van der Waals surface area contributed by atoms with Crippen LogP contribution >= 0.6 is 0 Å². The predicted octanol–water partition coefficient (Wildman–Crippen LogP) is 5.69. The fraction of sp³-hybridized carbons (Fsp3) is 0.857. The molecule has 140 valence electrons. The minimum absolute atomic E-state index is 0.381. The minimum atomic E-state index is -0.381. The topological polar surface area (TPSA) is 35.8 Å². The maximum Gasteiger partial charge on any atom is 0.125 e. The molecule has 3 heteroatoms. The lowest BCUT2D eigenvalue weighted by molar-refractivity contribution is 0.0766. The maximum atomic E-state index is 9.68. The second-order valence-corrected chi connectivity index (χ2v) is 7.19. The van der Waals surface area contributed by atoms with Gasteiger partial charge in [0.15, 0.2) is 0 Å². The van der Waals surface area contributed by atoms with E-state index in [9.17, 15) is 5.11 Å². The number of aliphatic hydroxyl groups excluding tert-OH is 1. The number of amidine groups is 1. The first-order chi connectivity index (χ1) is 11.8. The molecule has 0 radical (unpaired) electrons. The molecule has 1 N–H and O–H groups in total. The van der Waals surface area contributed by atoms with Gasteiger partial charge in [0.05, 0.1) is 6.54 Å². The van der Waals surface area contributed by atoms with Crippen LogP contribution in [0.1, 0.15) is 96.8 Å². The van der Waals surface area contributed by atoms with Crippen LogP contribution in [-0.4, -0.2) is 35.2 Å². The first-order valence-electron chi connectivity index (χ1n) is 10.3. The Bertz CT molecular complexity index is 339. The molecule has 0 aliphatic carbocycles. The highest BCUT2D eigenvalue weighted by molar-refractivity contribution is 5.83. The lowest BCUT2D eigenvalue weighted by Crippen LogP contribution is -2.35. The van der Waals surface area contributed by atoms with E-state index in [1.807, 2.05) is 17.9 Å². The summed E-state index contributed by atoms with van der Waals surface area (Å²) in [5.41, 5.74) is 0. The molecule has 0 aromatic rings. The molecular weight excluding hydrogens is 296 g/mol. The SMILES string of the molecule is C=CCCCCCCCCCCCCCCC1=NCCN1C(C)O. The quantitative estimate of drug-likeness (QED) is 0.290. The first-order valence-corrected chi connectivity index (χ1v) is 10.3. The number of nitrogens with zero attached hydrogens (tertiary/aromatic N) is 2. The summed E-state index contributed by atoms with van der Waals surface area (Å²) in [7, 11) is 0. The lowest BCUT2D eigenvalue weighted by Gasteiger charge is -2.23. The molecule has 0 aromatic carbocycles. The van der Waals surface area contributed by atoms with Gasteiger partial charge in [0, 0.05) is 13.0 Å². The summed E-state index contributed by atoms with van der Waals surface area (Å²) >= 11 is 0. The highest BCUT2D eigenvalue weighted by atomic mass is 16.3. The summed E-state index contributed by atoms with van der Waals surface area (Å²) < 4.78 is 0. The Hall–Kier alpha value is -0.830. The standard InChI is InChI=1S/C21H40N2O/c1-3-4-5-6-7-8-9-10-11-12-13-14-15-16-17-21-22-18-19-23(21)20(2)24/h3,20,24H,1,4-19H2,2H3. The molecular formula is C21H40N2O. The minimum Gasteiger partial charge on any atom is -0.374 e. The van der Waals surface area contributed by atoms with Gasteiger partial charge in [-0.3, -0.25) is 4.99 Å². The molecule has 0 spiro atoms. The zero-order valence-electron chi connectivity index (χ0n) is 16.0. The normalized spacial score (nSPS) is 15.6. The molecule has 24 heavy (non-hydrogen) atoms. The number of allylic oxidation sites excluding steroid dienone is 1. The molecule has 1 aliphatic rings. The Morgan fingerprint density at radius 2 is 1.46 bits per heavy atom. The van der Waals surface area contributed by atoms with Gasteiger partial charge in [-0.2, -0.15) is 0 Å². The number of hydrogen-bond acceptors (Lipinski definition) is 3. The Morgan fingerprint density at radius 3 is 1.96 bits per heavy atom. The van der Waals surface area contributed by atoms with E-state index in [1.54, 1.807) is 0 Å². The molecule has 0 bridgehead atoms. The molecule has 1 heterocycles. The van der Waals surface area contributed by atoms with Crippen molar-refractivity contribution in [2.75, 3.05) is 13.1 Å². The van der Waals surface area contributed by atoms with Crippen molar-refractivity contribution in [1.82, 2.24) is 4.90 Å². The second kappa shape index (κ2) is 14.5. The van der Waals surface area contributed by atoms with Crippen molar-refractivity contribution in [2.24, 2.45) is 4.99 Å². The molecule has 3 nitrogen and oxygen atoms in total. The van der Waals surface area contributed by atoms with E-state index >= 15 is 0 Å². The van der Waals surface area contributed by atoms with Crippen molar-refractivity contribution in [3.63, 3.8) is 0 Å². The Kier molecular flexibility index (Phi) is 12.8. The van der Waals surface area contributed by atoms with Gasteiger partial charge in [-0.05, 0) is 26.2 Å². The van der Waals surface area contributed by atoms with E-state index in [0.29, 0.717) is 0 Å². The fourth-order valence-electron chi connectivity index (χ4n) is 3.47.